The van der Waals surface area contributed by atoms with Crippen LogP contribution in [0.4, 0.5) is 5.69 Å². The van der Waals surface area contributed by atoms with Crippen LogP contribution >= 0.6 is 11.7 Å². The number of benzene rings is 2. The monoisotopic (exact) mass is 426 g/mol. The molecule has 3 rings (SSSR count). The summed E-state index contributed by atoms with van der Waals surface area (Å²) in [7, 11) is 0. The summed E-state index contributed by atoms with van der Waals surface area (Å²) in [5.41, 5.74) is 2.60. The summed E-state index contributed by atoms with van der Waals surface area (Å²) in [5.74, 6) is -1.64. The first-order valence-electron chi connectivity index (χ1n) is 9.45. The van der Waals surface area contributed by atoms with Gasteiger partial charge in [-0.05, 0) is 23.6 Å². The topological polar surface area (TPSA) is 110 Å². The first kappa shape index (κ1) is 21.4. The lowest BCUT2D eigenvalue weighted by Gasteiger charge is -2.20. The molecule has 2 aromatic carbocycles. The van der Waals surface area contributed by atoms with E-state index in [9.17, 15) is 14.4 Å². The van der Waals surface area contributed by atoms with Crippen molar-refractivity contribution < 1.29 is 19.1 Å². The molecule has 0 fully saturated rings. The fourth-order valence-corrected chi connectivity index (χ4v) is 3.37. The molecule has 156 valence electrons. The number of aromatic nitrogens is 2. The van der Waals surface area contributed by atoms with E-state index in [-0.39, 0.29) is 18.2 Å². The van der Waals surface area contributed by atoms with Gasteiger partial charge in [0.05, 0.1) is 23.8 Å². The highest BCUT2D eigenvalue weighted by molar-refractivity contribution is 7.00. The highest BCUT2D eigenvalue weighted by Gasteiger charge is 2.26. The maximum atomic E-state index is 12.5. The molecular formula is C21H22N4O4S. The van der Waals surface area contributed by atoms with Crippen LogP contribution in [0, 0.1) is 5.92 Å². The van der Waals surface area contributed by atoms with E-state index in [2.05, 4.69) is 19.4 Å². The van der Waals surface area contributed by atoms with Gasteiger partial charge in [-0.1, -0.05) is 50.2 Å². The van der Waals surface area contributed by atoms with E-state index in [0.29, 0.717) is 16.7 Å². The van der Waals surface area contributed by atoms with Gasteiger partial charge in [-0.25, -0.2) is 4.79 Å². The SMILES string of the molecule is CC(C)[C@H](NC(=O)Cc1ccccc1)C(=O)OCC(=O)Nc1cccc2nsnc12. The molecule has 0 aliphatic heterocycles. The smallest absolute Gasteiger partial charge is 0.329 e. The van der Waals surface area contributed by atoms with Crippen molar-refractivity contribution in [1.29, 1.82) is 0 Å². The fraction of sp³-hybridized carbons (Fsp3) is 0.286. The molecule has 0 bridgehead atoms. The maximum Gasteiger partial charge on any atom is 0.329 e. The zero-order chi connectivity index (χ0) is 21.5. The second kappa shape index (κ2) is 9.93. The standard InChI is InChI=1S/C21H22N4O4S/c1-13(2)19(23-17(26)11-14-7-4-3-5-8-14)21(28)29-12-18(27)22-15-9-6-10-16-20(15)25-30-24-16/h3-10,13,19H,11-12H2,1-2H3,(H,22,27)(H,23,26)/t19-/m0/s1. The number of hydrogen-bond donors (Lipinski definition) is 2. The number of rotatable bonds is 8. The largest absolute Gasteiger partial charge is 0.454 e. The van der Waals surface area contributed by atoms with Crippen molar-refractivity contribution in [1.82, 2.24) is 14.1 Å². The third-order valence-corrected chi connectivity index (χ3v) is 4.89. The predicted octanol–water partition coefficient (Wildman–Crippen LogP) is 2.56. The first-order chi connectivity index (χ1) is 14.4. The molecule has 0 saturated carbocycles. The molecular weight excluding hydrogens is 404 g/mol. The lowest BCUT2D eigenvalue weighted by atomic mass is 10.0. The highest BCUT2D eigenvalue weighted by Crippen LogP contribution is 2.21. The third-order valence-electron chi connectivity index (χ3n) is 4.35. The number of anilines is 1. The zero-order valence-electron chi connectivity index (χ0n) is 16.6. The van der Waals surface area contributed by atoms with Gasteiger partial charge in [0, 0.05) is 0 Å². The number of hydrogen-bond acceptors (Lipinski definition) is 7. The average molecular weight is 426 g/mol. The van der Waals surface area contributed by atoms with Gasteiger partial charge in [-0.2, -0.15) is 8.75 Å². The minimum atomic E-state index is -0.847. The number of esters is 1. The Morgan fingerprint density at radius 3 is 2.50 bits per heavy atom. The van der Waals surface area contributed by atoms with Crippen molar-refractivity contribution in [3.8, 4) is 0 Å². The number of carbonyl (C=O) groups excluding carboxylic acids is 3. The Balaban J connectivity index is 1.53. The first-order valence-corrected chi connectivity index (χ1v) is 10.2. The quantitative estimate of drug-likeness (QED) is 0.536. The molecule has 1 aromatic heterocycles. The Hall–Kier alpha value is -3.33. The van der Waals surface area contributed by atoms with Gasteiger partial charge in [-0.15, -0.1) is 0 Å². The number of carbonyl (C=O) groups is 3. The van der Waals surface area contributed by atoms with Crippen molar-refractivity contribution >= 4 is 46.2 Å². The summed E-state index contributed by atoms with van der Waals surface area (Å²) < 4.78 is 13.4. The minimum Gasteiger partial charge on any atom is -0.454 e. The molecule has 30 heavy (non-hydrogen) atoms. The minimum absolute atomic E-state index is 0.156. The number of ether oxygens (including phenoxy) is 1. The van der Waals surface area contributed by atoms with Crippen molar-refractivity contribution in [3.05, 3.63) is 54.1 Å². The van der Waals surface area contributed by atoms with E-state index in [1.54, 1.807) is 32.0 Å². The van der Waals surface area contributed by atoms with E-state index in [0.717, 1.165) is 17.3 Å². The van der Waals surface area contributed by atoms with Crippen molar-refractivity contribution in [2.75, 3.05) is 11.9 Å². The van der Waals surface area contributed by atoms with Crippen LogP contribution in [-0.2, 0) is 25.5 Å². The molecule has 8 nitrogen and oxygen atoms in total. The molecule has 0 aliphatic rings. The molecule has 2 N–H and O–H groups in total. The van der Waals surface area contributed by atoms with E-state index >= 15 is 0 Å². The van der Waals surface area contributed by atoms with Crippen LogP contribution in [0.3, 0.4) is 0 Å². The Morgan fingerprint density at radius 1 is 1.00 bits per heavy atom. The Bertz CT molecular complexity index is 1040. The molecule has 1 atom stereocenters. The third kappa shape index (κ3) is 5.60. The average Bonchev–Trinajstić information content (AvgIpc) is 3.21. The number of amides is 2. The summed E-state index contributed by atoms with van der Waals surface area (Å²) in [6.07, 6.45) is 0.156. The van der Waals surface area contributed by atoms with Crippen LogP contribution in [0.2, 0.25) is 0 Å². The predicted molar refractivity (Wildman–Crippen MR) is 114 cm³/mol. The summed E-state index contributed by atoms with van der Waals surface area (Å²) in [6.45, 7) is 3.13. The lowest BCUT2D eigenvalue weighted by Crippen LogP contribution is -2.46. The van der Waals surface area contributed by atoms with Crippen LogP contribution < -0.4 is 10.6 Å². The summed E-state index contributed by atoms with van der Waals surface area (Å²) >= 11 is 1.05. The van der Waals surface area contributed by atoms with Gasteiger partial charge in [0.25, 0.3) is 5.91 Å². The second-order valence-electron chi connectivity index (χ2n) is 7.04. The summed E-state index contributed by atoms with van der Waals surface area (Å²) in [5, 5.41) is 5.37. The van der Waals surface area contributed by atoms with Gasteiger partial charge in [0.1, 0.15) is 17.1 Å². The van der Waals surface area contributed by atoms with Crippen LogP contribution in [0.25, 0.3) is 11.0 Å². The zero-order valence-corrected chi connectivity index (χ0v) is 17.4. The molecule has 0 unspecified atom stereocenters. The van der Waals surface area contributed by atoms with Gasteiger partial charge >= 0.3 is 5.97 Å². The van der Waals surface area contributed by atoms with Crippen molar-refractivity contribution in [3.63, 3.8) is 0 Å². The highest BCUT2D eigenvalue weighted by atomic mass is 32.1. The van der Waals surface area contributed by atoms with Crippen molar-refractivity contribution in [2.24, 2.45) is 5.92 Å². The Morgan fingerprint density at radius 2 is 1.77 bits per heavy atom. The van der Waals surface area contributed by atoms with Crippen LogP contribution in [0.15, 0.2) is 48.5 Å². The van der Waals surface area contributed by atoms with Crippen LogP contribution in [0.5, 0.6) is 0 Å². The van der Waals surface area contributed by atoms with Gasteiger partial charge in [0.2, 0.25) is 5.91 Å². The van der Waals surface area contributed by atoms with Crippen molar-refractivity contribution in [2.45, 2.75) is 26.3 Å². The summed E-state index contributed by atoms with van der Waals surface area (Å²) in [6, 6.07) is 13.6. The van der Waals surface area contributed by atoms with Gasteiger partial charge in [0.15, 0.2) is 6.61 Å². The molecule has 3 aromatic rings. The normalized spacial score (nSPS) is 11.8. The lowest BCUT2D eigenvalue weighted by molar-refractivity contribution is -0.151. The fourth-order valence-electron chi connectivity index (χ4n) is 2.82. The van der Waals surface area contributed by atoms with Gasteiger partial charge in [-0.3, -0.25) is 9.59 Å². The number of nitrogens with zero attached hydrogens (tertiary/aromatic N) is 2. The molecule has 2 amide bonds. The van der Waals surface area contributed by atoms with Crippen LogP contribution in [0.1, 0.15) is 19.4 Å². The van der Waals surface area contributed by atoms with E-state index < -0.39 is 24.5 Å². The Labute approximate surface area is 178 Å². The van der Waals surface area contributed by atoms with E-state index in [1.807, 2.05) is 30.3 Å². The Kier molecular flexibility index (Phi) is 7.08. The molecule has 9 heteroatoms. The van der Waals surface area contributed by atoms with E-state index in [4.69, 9.17) is 4.74 Å². The molecule has 0 aliphatic carbocycles. The molecule has 0 radical (unpaired) electrons. The van der Waals surface area contributed by atoms with Crippen LogP contribution in [-0.4, -0.2) is 39.2 Å². The number of fused-ring (bicyclic) bond motifs is 1. The summed E-state index contributed by atoms with van der Waals surface area (Å²) in [4.78, 5) is 37.0. The molecule has 0 spiro atoms. The molecule has 0 saturated heterocycles. The number of nitrogens with one attached hydrogen (secondary N) is 2. The maximum absolute atomic E-state index is 12.5. The van der Waals surface area contributed by atoms with Gasteiger partial charge < -0.3 is 15.4 Å². The van der Waals surface area contributed by atoms with E-state index in [1.165, 1.54) is 0 Å². The second-order valence-corrected chi connectivity index (χ2v) is 7.57. The molecule has 1 heterocycles.